The molecule has 2 fully saturated rings. The number of hydrogen-bond acceptors (Lipinski definition) is 5. The van der Waals surface area contributed by atoms with E-state index in [1.807, 2.05) is 46.1 Å². The van der Waals surface area contributed by atoms with Gasteiger partial charge in [0.05, 0.1) is 18.3 Å². The Hall–Kier alpha value is -2.25. The number of amides is 1. The molecule has 7 nitrogen and oxygen atoms in total. The minimum atomic E-state index is -0.273. The average molecular weight is 341 g/mol. The van der Waals surface area contributed by atoms with Gasteiger partial charge in [-0.05, 0) is 18.4 Å². The first-order valence-corrected chi connectivity index (χ1v) is 8.84. The van der Waals surface area contributed by atoms with Crippen molar-refractivity contribution in [3.05, 3.63) is 48.3 Å². The monoisotopic (exact) mass is 341 g/mol. The summed E-state index contributed by atoms with van der Waals surface area (Å²) in [7, 11) is 0. The molecule has 0 spiro atoms. The van der Waals surface area contributed by atoms with Crippen molar-refractivity contribution >= 4 is 5.91 Å². The van der Waals surface area contributed by atoms with Crippen molar-refractivity contribution in [2.45, 2.75) is 31.0 Å². The van der Waals surface area contributed by atoms with Crippen molar-refractivity contribution in [2.75, 3.05) is 26.2 Å². The molecule has 0 bridgehead atoms. The van der Waals surface area contributed by atoms with Gasteiger partial charge in [0.2, 0.25) is 5.91 Å². The maximum atomic E-state index is 13.2. The van der Waals surface area contributed by atoms with Gasteiger partial charge in [0.15, 0.2) is 0 Å². The third kappa shape index (κ3) is 3.29. The number of carbonyl (C=O) groups excluding carboxylic acids is 1. The summed E-state index contributed by atoms with van der Waals surface area (Å²) in [5.41, 5.74) is 1.02. The number of benzene rings is 1. The summed E-state index contributed by atoms with van der Waals surface area (Å²) in [5.74, 6) is 0.138. The maximum absolute atomic E-state index is 13.2. The van der Waals surface area contributed by atoms with Crippen LogP contribution in [0.1, 0.15) is 30.5 Å². The third-order valence-electron chi connectivity index (χ3n) is 5.20. The van der Waals surface area contributed by atoms with Gasteiger partial charge in [0, 0.05) is 32.4 Å². The van der Waals surface area contributed by atoms with Crippen molar-refractivity contribution in [1.82, 2.24) is 24.8 Å². The Morgan fingerprint density at radius 3 is 2.52 bits per heavy atom. The highest BCUT2D eigenvalue weighted by Gasteiger charge is 2.39. The molecule has 0 saturated carbocycles. The highest BCUT2D eigenvalue weighted by molar-refractivity contribution is 5.84. The summed E-state index contributed by atoms with van der Waals surface area (Å²) in [5, 5.41) is 17.6. The molecule has 3 heterocycles. The van der Waals surface area contributed by atoms with E-state index in [2.05, 4.69) is 15.2 Å². The summed E-state index contributed by atoms with van der Waals surface area (Å²) in [4.78, 5) is 17.3. The van der Waals surface area contributed by atoms with E-state index in [-0.39, 0.29) is 24.1 Å². The molecule has 2 saturated heterocycles. The van der Waals surface area contributed by atoms with Crippen molar-refractivity contribution < 1.29 is 9.90 Å². The number of aliphatic hydroxyl groups is 1. The van der Waals surface area contributed by atoms with E-state index >= 15 is 0 Å². The molecule has 1 amide bonds. The van der Waals surface area contributed by atoms with Crippen LogP contribution in [0.2, 0.25) is 0 Å². The van der Waals surface area contributed by atoms with Crippen molar-refractivity contribution in [1.29, 1.82) is 0 Å². The topological polar surface area (TPSA) is 74.5 Å². The lowest BCUT2D eigenvalue weighted by atomic mass is 9.97. The molecule has 0 aliphatic carbocycles. The second-order valence-electron chi connectivity index (χ2n) is 6.86. The SMILES string of the molecule is O=C(C(c1ccccc1)N1CCC(O)CC1)N1CC(n2ccnn2)C1. The van der Waals surface area contributed by atoms with E-state index in [0.29, 0.717) is 13.1 Å². The van der Waals surface area contributed by atoms with Gasteiger partial charge < -0.3 is 10.0 Å². The van der Waals surface area contributed by atoms with Crippen LogP contribution in [0.15, 0.2) is 42.7 Å². The lowest BCUT2D eigenvalue weighted by Crippen LogP contribution is -2.55. The zero-order chi connectivity index (χ0) is 17.2. The van der Waals surface area contributed by atoms with Gasteiger partial charge in [0.1, 0.15) is 6.04 Å². The van der Waals surface area contributed by atoms with Gasteiger partial charge >= 0.3 is 0 Å². The summed E-state index contributed by atoms with van der Waals surface area (Å²) in [6, 6.07) is 9.89. The van der Waals surface area contributed by atoms with Crippen LogP contribution in [0, 0.1) is 0 Å². The molecular weight excluding hydrogens is 318 g/mol. The Bertz CT molecular complexity index is 692. The number of aliphatic hydroxyl groups excluding tert-OH is 1. The number of hydrogen-bond donors (Lipinski definition) is 1. The molecule has 1 aromatic carbocycles. The maximum Gasteiger partial charge on any atom is 0.244 e. The summed E-state index contributed by atoms with van der Waals surface area (Å²) in [6.45, 7) is 2.82. The van der Waals surface area contributed by atoms with E-state index in [4.69, 9.17) is 0 Å². The number of carbonyl (C=O) groups is 1. The van der Waals surface area contributed by atoms with E-state index in [0.717, 1.165) is 31.5 Å². The molecule has 1 atom stereocenters. The molecule has 132 valence electrons. The highest BCUT2D eigenvalue weighted by atomic mass is 16.3. The Labute approximate surface area is 146 Å². The van der Waals surface area contributed by atoms with Crippen LogP contribution in [0.4, 0.5) is 0 Å². The van der Waals surface area contributed by atoms with E-state index < -0.39 is 0 Å². The number of aromatic nitrogens is 3. The minimum absolute atomic E-state index is 0.138. The molecule has 0 radical (unpaired) electrons. The van der Waals surface area contributed by atoms with Crippen LogP contribution in [0.5, 0.6) is 0 Å². The van der Waals surface area contributed by atoms with Crippen molar-refractivity contribution in [2.24, 2.45) is 0 Å². The smallest absolute Gasteiger partial charge is 0.244 e. The van der Waals surface area contributed by atoms with Crippen LogP contribution in [-0.4, -0.2) is 68.1 Å². The lowest BCUT2D eigenvalue weighted by Gasteiger charge is -2.44. The molecule has 1 aromatic heterocycles. The standard InChI is InChI=1S/C18H23N5O2/c24-16-6-9-21(10-7-16)17(14-4-2-1-3-5-14)18(25)22-12-15(13-22)23-11-8-19-20-23/h1-5,8,11,15-17,24H,6-7,9-10,12-13H2. The normalized spacial score (nSPS) is 21.1. The Morgan fingerprint density at radius 1 is 1.16 bits per heavy atom. The van der Waals surface area contributed by atoms with E-state index in [9.17, 15) is 9.90 Å². The van der Waals surface area contributed by atoms with Gasteiger partial charge in [-0.25, -0.2) is 4.68 Å². The predicted octanol–water partition coefficient (Wildman–Crippen LogP) is 0.859. The fourth-order valence-corrected chi connectivity index (χ4v) is 3.68. The fourth-order valence-electron chi connectivity index (χ4n) is 3.68. The molecule has 2 aromatic rings. The number of piperidine rings is 1. The second-order valence-corrected chi connectivity index (χ2v) is 6.86. The number of nitrogens with zero attached hydrogens (tertiary/aromatic N) is 5. The summed E-state index contributed by atoms with van der Waals surface area (Å²) >= 11 is 0. The van der Waals surface area contributed by atoms with Crippen LogP contribution in [0.25, 0.3) is 0 Å². The zero-order valence-corrected chi connectivity index (χ0v) is 14.1. The van der Waals surface area contributed by atoms with Gasteiger partial charge in [-0.2, -0.15) is 0 Å². The van der Waals surface area contributed by atoms with Crippen LogP contribution in [0.3, 0.4) is 0 Å². The molecule has 25 heavy (non-hydrogen) atoms. The first kappa shape index (κ1) is 16.2. The van der Waals surface area contributed by atoms with Gasteiger partial charge in [-0.3, -0.25) is 9.69 Å². The van der Waals surface area contributed by atoms with Gasteiger partial charge in [0.25, 0.3) is 0 Å². The molecule has 4 rings (SSSR count). The molecule has 1 N–H and O–H groups in total. The molecule has 7 heteroatoms. The fraction of sp³-hybridized carbons (Fsp3) is 0.500. The number of likely N-dealkylation sites (tertiary alicyclic amines) is 2. The van der Waals surface area contributed by atoms with E-state index in [1.165, 1.54) is 0 Å². The Balaban J connectivity index is 1.49. The predicted molar refractivity (Wildman–Crippen MR) is 91.6 cm³/mol. The summed E-state index contributed by atoms with van der Waals surface area (Å²) in [6.07, 6.45) is 4.70. The first-order chi connectivity index (χ1) is 12.2. The first-order valence-electron chi connectivity index (χ1n) is 8.84. The van der Waals surface area contributed by atoms with Crippen LogP contribution < -0.4 is 0 Å². The van der Waals surface area contributed by atoms with Crippen LogP contribution in [-0.2, 0) is 4.79 Å². The molecular formula is C18H23N5O2. The lowest BCUT2D eigenvalue weighted by molar-refractivity contribution is -0.144. The molecule has 2 aliphatic rings. The van der Waals surface area contributed by atoms with Gasteiger partial charge in [-0.15, -0.1) is 5.10 Å². The molecule has 2 aliphatic heterocycles. The minimum Gasteiger partial charge on any atom is -0.393 e. The summed E-state index contributed by atoms with van der Waals surface area (Å²) < 4.78 is 1.82. The molecule has 1 unspecified atom stereocenters. The zero-order valence-electron chi connectivity index (χ0n) is 14.1. The highest BCUT2D eigenvalue weighted by Crippen LogP contribution is 2.30. The third-order valence-corrected chi connectivity index (χ3v) is 5.20. The Kier molecular flexibility index (Phi) is 4.50. The van der Waals surface area contributed by atoms with Crippen LogP contribution >= 0.6 is 0 Å². The van der Waals surface area contributed by atoms with E-state index in [1.54, 1.807) is 6.20 Å². The Morgan fingerprint density at radius 2 is 1.88 bits per heavy atom. The van der Waals surface area contributed by atoms with Crippen molar-refractivity contribution in [3.63, 3.8) is 0 Å². The quantitative estimate of drug-likeness (QED) is 0.893. The average Bonchev–Trinajstić information content (AvgIpc) is 3.11. The number of rotatable bonds is 4. The van der Waals surface area contributed by atoms with Gasteiger partial charge in [-0.1, -0.05) is 35.5 Å². The largest absolute Gasteiger partial charge is 0.393 e. The van der Waals surface area contributed by atoms with Crippen molar-refractivity contribution in [3.8, 4) is 0 Å². The second kappa shape index (κ2) is 6.93.